The highest BCUT2D eigenvalue weighted by molar-refractivity contribution is 14.1. The highest BCUT2D eigenvalue weighted by Crippen LogP contribution is 2.23. The summed E-state index contributed by atoms with van der Waals surface area (Å²) in [4.78, 5) is 11.8. The van der Waals surface area contributed by atoms with Crippen molar-refractivity contribution >= 4 is 34.5 Å². The molecule has 1 fully saturated rings. The van der Waals surface area contributed by atoms with E-state index in [0.29, 0.717) is 24.8 Å². The SMILES string of the molecule is CCOC(=O)c1ccc(NC2CCN(I)CC2)c(CN)c1. The average Bonchev–Trinajstić information content (AvgIpc) is 2.50. The molecule has 0 radical (unpaired) electrons. The number of hydrogen-bond donors (Lipinski definition) is 2. The second kappa shape index (κ2) is 7.95. The number of esters is 1. The number of nitrogens with two attached hydrogens (primary N) is 1. The minimum atomic E-state index is -0.294. The number of nitrogens with zero attached hydrogens (tertiary/aromatic N) is 1. The monoisotopic (exact) mass is 403 g/mol. The van der Waals surface area contributed by atoms with E-state index in [1.807, 2.05) is 12.1 Å². The maximum Gasteiger partial charge on any atom is 0.338 e. The van der Waals surface area contributed by atoms with Crippen molar-refractivity contribution in [3.05, 3.63) is 29.3 Å². The number of ether oxygens (including phenoxy) is 1. The Kier molecular flexibility index (Phi) is 6.25. The Bertz CT molecular complexity index is 488. The minimum absolute atomic E-state index is 0.294. The van der Waals surface area contributed by atoms with Crippen LogP contribution in [0.25, 0.3) is 0 Å². The summed E-state index contributed by atoms with van der Waals surface area (Å²) >= 11 is 2.37. The fraction of sp³-hybridized carbons (Fsp3) is 0.533. The first-order valence-electron chi connectivity index (χ1n) is 7.31. The van der Waals surface area contributed by atoms with Crippen LogP contribution in [0.15, 0.2) is 18.2 Å². The number of anilines is 1. The Balaban J connectivity index is 2.07. The molecule has 0 bridgehead atoms. The first-order valence-corrected chi connectivity index (χ1v) is 8.28. The smallest absolute Gasteiger partial charge is 0.338 e. The second-order valence-electron chi connectivity index (χ2n) is 5.12. The van der Waals surface area contributed by atoms with Crippen molar-refractivity contribution in [2.24, 2.45) is 5.73 Å². The molecule has 3 N–H and O–H groups in total. The fourth-order valence-corrected chi connectivity index (χ4v) is 3.01. The summed E-state index contributed by atoms with van der Waals surface area (Å²) in [6.07, 6.45) is 2.24. The van der Waals surface area contributed by atoms with E-state index in [1.165, 1.54) is 0 Å². The van der Waals surface area contributed by atoms with E-state index in [2.05, 4.69) is 31.3 Å². The maximum absolute atomic E-state index is 11.8. The van der Waals surface area contributed by atoms with Crippen molar-refractivity contribution in [2.45, 2.75) is 32.4 Å². The number of rotatable bonds is 5. The van der Waals surface area contributed by atoms with Crippen LogP contribution < -0.4 is 11.1 Å². The van der Waals surface area contributed by atoms with Crippen LogP contribution in [-0.4, -0.2) is 34.8 Å². The molecule has 2 rings (SSSR count). The van der Waals surface area contributed by atoms with Gasteiger partial charge >= 0.3 is 5.97 Å². The van der Waals surface area contributed by atoms with Crippen LogP contribution in [-0.2, 0) is 11.3 Å². The number of carbonyl (C=O) groups is 1. The second-order valence-corrected chi connectivity index (χ2v) is 6.49. The van der Waals surface area contributed by atoms with Gasteiger partial charge in [-0.1, -0.05) is 0 Å². The van der Waals surface area contributed by atoms with Crippen molar-refractivity contribution in [1.29, 1.82) is 0 Å². The molecule has 1 saturated heterocycles. The van der Waals surface area contributed by atoms with Crippen LogP contribution in [0, 0.1) is 0 Å². The zero-order chi connectivity index (χ0) is 15.2. The summed E-state index contributed by atoms with van der Waals surface area (Å²) in [5.41, 5.74) is 8.36. The Hall–Kier alpha value is -0.860. The summed E-state index contributed by atoms with van der Waals surface area (Å²) in [5, 5.41) is 3.56. The molecule has 1 aliphatic rings. The van der Waals surface area contributed by atoms with Crippen molar-refractivity contribution in [3.8, 4) is 0 Å². The summed E-state index contributed by atoms with van der Waals surface area (Å²) in [6, 6.07) is 6.03. The molecule has 0 spiro atoms. The molecule has 0 unspecified atom stereocenters. The van der Waals surface area contributed by atoms with Crippen LogP contribution in [0.5, 0.6) is 0 Å². The van der Waals surface area contributed by atoms with Gasteiger partial charge in [-0.2, -0.15) is 0 Å². The molecule has 6 heteroatoms. The molecule has 1 aromatic rings. The summed E-state index contributed by atoms with van der Waals surface area (Å²) in [7, 11) is 0. The Morgan fingerprint density at radius 1 is 1.48 bits per heavy atom. The third-order valence-corrected chi connectivity index (χ3v) is 4.60. The number of hydrogen-bond acceptors (Lipinski definition) is 5. The lowest BCUT2D eigenvalue weighted by Crippen LogP contribution is -2.34. The molecule has 0 aliphatic carbocycles. The van der Waals surface area contributed by atoms with Gasteiger partial charge in [0.25, 0.3) is 0 Å². The zero-order valence-corrected chi connectivity index (χ0v) is 14.4. The lowest BCUT2D eigenvalue weighted by atomic mass is 10.0. The van der Waals surface area contributed by atoms with Gasteiger partial charge in [0.2, 0.25) is 0 Å². The lowest BCUT2D eigenvalue weighted by Gasteiger charge is -2.29. The number of benzene rings is 1. The van der Waals surface area contributed by atoms with Gasteiger partial charge in [-0.3, -0.25) is 0 Å². The highest BCUT2D eigenvalue weighted by Gasteiger charge is 2.18. The van der Waals surface area contributed by atoms with E-state index in [9.17, 15) is 4.79 Å². The average molecular weight is 403 g/mol. The van der Waals surface area contributed by atoms with Crippen molar-refractivity contribution in [3.63, 3.8) is 0 Å². The normalized spacial score (nSPS) is 16.7. The van der Waals surface area contributed by atoms with Crippen molar-refractivity contribution in [1.82, 2.24) is 3.11 Å². The van der Waals surface area contributed by atoms with E-state index < -0.39 is 0 Å². The minimum Gasteiger partial charge on any atom is -0.462 e. The Labute approximate surface area is 139 Å². The molecule has 0 saturated carbocycles. The molecule has 1 heterocycles. The zero-order valence-electron chi connectivity index (χ0n) is 12.3. The quantitative estimate of drug-likeness (QED) is 0.450. The third-order valence-electron chi connectivity index (χ3n) is 3.64. The molecular formula is C15H22IN3O2. The van der Waals surface area contributed by atoms with Crippen molar-refractivity contribution in [2.75, 3.05) is 25.0 Å². The molecule has 5 nitrogen and oxygen atoms in total. The highest BCUT2D eigenvalue weighted by atomic mass is 127. The van der Waals surface area contributed by atoms with Gasteiger partial charge in [-0.05, 0) is 43.5 Å². The van der Waals surface area contributed by atoms with Crippen LogP contribution in [0.1, 0.15) is 35.7 Å². The maximum atomic E-state index is 11.8. The predicted octanol–water partition coefficient (Wildman–Crippen LogP) is 2.55. The molecular weight excluding hydrogens is 381 g/mol. The largest absolute Gasteiger partial charge is 0.462 e. The van der Waals surface area contributed by atoms with E-state index in [1.54, 1.807) is 13.0 Å². The molecule has 21 heavy (non-hydrogen) atoms. The summed E-state index contributed by atoms with van der Waals surface area (Å²) in [6.45, 7) is 4.78. The standard InChI is InChI=1S/C15H22IN3O2/c1-2-21-15(20)11-3-4-14(12(9-11)10-17)18-13-5-7-19(16)8-6-13/h3-4,9,13,18H,2,5-8,10,17H2,1H3. The number of piperidine rings is 1. The van der Waals surface area contributed by atoms with Gasteiger partial charge < -0.3 is 15.8 Å². The van der Waals surface area contributed by atoms with E-state index >= 15 is 0 Å². The molecule has 116 valence electrons. The Morgan fingerprint density at radius 2 is 2.19 bits per heavy atom. The molecule has 0 amide bonds. The van der Waals surface area contributed by atoms with Gasteiger partial charge in [-0.25, -0.2) is 7.91 Å². The van der Waals surface area contributed by atoms with E-state index in [-0.39, 0.29) is 5.97 Å². The van der Waals surface area contributed by atoms with Gasteiger partial charge in [0.15, 0.2) is 0 Å². The number of nitrogens with one attached hydrogen (secondary N) is 1. The van der Waals surface area contributed by atoms with Crippen LogP contribution in [0.2, 0.25) is 0 Å². The van der Waals surface area contributed by atoms with Crippen LogP contribution in [0.4, 0.5) is 5.69 Å². The summed E-state index contributed by atoms with van der Waals surface area (Å²) < 4.78 is 7.33. The van der Waals surface area contributed by atoms with Crippen LogP contribution in [0.3, 0.4) is 0 Å². The van der Waals surface area contributed by atoms with E-state index in [4.69, 9.17) is 10.5 Å². The van der Waals surface area contributed by atoms with E-state index in [0.717, 1.165) is 37.2 Å². The number of carbonyl (C=O) groups excluding carboxylic acids is 1. The Morgan fingerprint density at radius 3 is 2.81 bits per heavy atom. The first-order chi connectivity index (χ1) is 10.1. The molecule has 1 aromatic carbocycles. The van der Waals surface area contributed by atoms with Gasteiger partial charge in [0, 0.05) is 54.2 Å². The molecule has 1 aliphatic heterocycles. The molecule has 0 aromatic heterocycles. The fourth-order valence-electron chi connectivity index (χ4n) is 2.46. The lowest BCUT2D eigenvalue weighted by molar-refractivity contribution is 0.0526. The van der Waals surface area contributed by atoms with Gasteiger partial charge in [0.05, 0.1) is 12.2 Å². The van der Waals surface area contributed by atoms with Gasteiger partial charge in [0.1, 0.15) is 0 Å². The third kappa shape index (κ3) is 4.55. The first kappa shape index (κ1) is 16.5. The van der Waals surface area contributed by atoms with Gasteiger partial charge in [-0.15, -0.1) is 0 Å². The topological polar surface area (TPSA) is 67.6 Å². The molecule has 0 atom stereocenters. The number of halogens is 1. The predicted molar refractivity (Wildman–Crippen MR) is 92.5 cm³/mol. The van der Waals surface area contributed by atoms with Crippen molar-refractivity contribution < 1.29 is 9.53 Å². The van der Waals surface area contributed by atoms with Crippen LogP contribution >= 0.6 is 22.9 Å². The summed E-state index contributed by atoms with van der Waals surface area (Å²) in [5.74, 6) is -0.294.